The molecule has 7 nitrogen and oxygen atoms in total. The van der Waals surface area contributed by atoms with E-state index in [0.29, 0.717) is 30.1 Å². The normalized spacial score (nSPS) is 20.3. The van der Waals surface area contributed by atoms with Crippen molar-refractivity contribution in [3.05, 3.63) is 58.3 Å². The van der Waals surface area contributed by atoms with Crippen molar-refractivity contribution in [1.29, 1.82) is 0 Å². The van der Waals surface area contributed by atoms with Crippen molar-refractivity contribution in [2.45, 2.75) is 63.8 Å². The van der Waals surface area contributed by atoms with Gasteiger partial charge in [-0.3, -0.25) is 4.68 Å². The molecular formula is C23H31N3O4S2. The van der Waals surface area contributed by atoms with Gasteiger partial charge in [0, 0.05) is 29.1 Å². The van der Waals surface area contributed by atoms with Crippen molar-refractivity contribution in [2.75, 3.05) is 5.75 Å². The quantitative estimate of drug-likeness (QED) is 0.660. The fourth-order valence-electron chi connectivity index (χ4n) is 4.74. The van der Waals surface area contributed by atoms with E-state index in [9.17, 15) is 16.8 Å². The second kappa shape index (κ2) is 9.49. The Bertz CT molecular complexity index is 1180. The van der Waals surface area contributed by atoms with Crippen molar-refractivity contribution in [1.82, 2.24) is 14.5 Å². The Balaban J connectivity index is 1.57. The summed E-state index contributed by atoms with van der Waals surface area (Å²) in [5.41, 5.74) is 2.94. The molecule has 1 atom stereocenters. The van der Waals surface area contributed by atoms with Gasteiger partial charge in [-0.1, -0.05) is 49.6 Å². The van der Waals surface area contributed by atoms with E-state index in [0.717, 1.165) is 42.3 Å². The summed E-state index contributed by atoms with van der Waals surface area (Å²) in [5, 5.41) is 5.73. The first-order chi connectivity index (χ1) is 15.2. The van der Waals surface area contributed by atoms with E-state index in [-0.39, 0.29) is 17.5 Å². The molecule has 174 valence electrons. The average molecular weight is 478 g/mol. The monoisotopic (exact) mass is 477 g/mol. The van der Waals surface area contributed by atoms with Crippen LogP contribution in [-0.2, 0) is 38.6 Å². The van der Waals surface area contributed by atoms with E-state index in [1.165, 1.54) is 12.5 Å². The van der Waals surface area contributed by atoms with Gasteiger partial charge in [-0.25, -0.2) is 21.6 Å². The van der Waals surface area contributed by atoms with Crippen LogP contribution in [0.3, 0.4) is 0 Å². The lowest BCUT2D eigenvalue weighted by Crippen LogP contribution is -2.37. The lowest BCUT2D eigenvalue weighted by Gasteiger charge is -2.27. The van der Waals surface area contributed by atoms with Crippen molar-refractivity contribution in [3.8, 4) is 0 Å². The van der Waals surface area contributed by atoms with Crippen LogP contribution in [0.25, 0.3) is 6.08 Å². The molecule has 1 aromatic carbocycles. The van der Waals surface area contributed by atoms with Gasteiger partial charge in [0.2, 0.25) is 10.0 Å². The molecule has 1 aliphatic carbocycles. The highest BCUT2D eigenvalue weighted by Gasteiger charge is 2.28. The van der Waals surface area contributed by atoms with Gasteiger partial charge in [0.15, 0.2) is 9.84 Å². The second-order valence-electron chi connectivity index (χ2n) is 8.95. The maximum absolute atomic E-state index is 12.7. The van der Waals surface area contributed by atoms with Crippen LogP contribution < -0.4 is 4.72 Å². The summed E-state index contributed by atoms with van der Waals surface area (Å²) >= 11 is 0. The molecule has 1 aromatic heterocycles. The fourth-order valence-corrected chi connectivity index (χ4v) is 7.24. The summed E-state index contributed by atoms with van der Waals surface area (Å²) in [6, 6.07) is 9.68. The van der Waals surface area contributed by atoms with Crippen molar-refractivity contribution in [3.63, 3.8) is 0 Å². The number of hydrogen-bond acceptors (Lipinski definition) is 5. The van der Waals surface area contributed by atoms with Crippen LogP contribution >= 0.6 is 0 Å². The molecule has 1 saturated carbocycles. The number of aromatic nitrogens is 2. The van der Waals surface area contributed by atoms with Crippen LogP contribution in [0.5, 0.6) is 0 Å². The predicted octanol–water partition coefficient (Wildman–Crippen LogP) is 3.26. The Morgan fingerprint density at radius 1 is 1.19 bits per heavy atom. The molecule has 0 radical (unpaired) electrons. The number of sulfonamides is 1. The SMILES string of the molecule is C[C@@H](NS(=O)(=O)C=Cc1nn(Cc2ccccc2)c2c1CS(=O)(=O)CC2)C1CCCCC1. The van der Waals surface area contributed by atoms with Crippen molar-refractivity contribution in [2.24, 2.45) is 5.92 Å². The van der Waals surface area contributed by atoms with Gasteiger partial charge in [0.05, 0.1) is 23.7 Å². The maximum Gasteiger partial charge on any atom is 0.234 e. The number of sulfone groups is 1. The Labute approximate surface area is 190 Å². The second-order valence-corrected chi connectivity index (χ2v) is 12.7. The summed E-state index contributed by atoms with van der Waals surface area (Å²) in [4.78, 5) is 0. The molecule has 0 unspecified atom stereocenters. The van der Waals surface area contributed by atoms with Crippen molar-refractivity contribution < 1.29 is 16.8 Å². The van der Waals surface area contributed by atoms with Crippen LogP contribution in [0.2, 0.25) is 0 Å². The van der Waals surface area contributed by atoms with Gasteiger partial charge in [-0.2, -0.15) is 5.10 Å². The van der Waals surface area contributed by atoms with Crippen molar-refractivity contribution >= 4 is 25.9 Å². The van der Waals surface area contributed by atoms with Crippen LogP contribution in [0, 0.1) is 5.92 Å². The largest absolute Gasteiger partial charge is 0.264 e. The minimum Gasteiger partial charge on any atom is -0.264 e. The molecule has 4 rings (SSSR count). The van der Waals surface area contributed by atoms with E-state index in [1.54, 1.807) is 0 Å². The summed E-state index contributed by atoms with van der Waals surface area (Å²) in [6.07, 6.45) is 7.42. The highest BCUT2D eigenvalue weighted by molar-refractivity contribution is 7.92. The van der Waals surface area contributed by atoms with Crippen LogP contribution in [0.1, 0.15) is 61.5 Å². The van der Waals surface area contributed by atoms with E-state index in [1.807, 2.05) is 41.9 Å². The molecule has 9 heteroatoms. The molecule has 2 aromatic rings. The lowest BCUT2D eigenvalue weighted by atomic mass is 9.85. The standard InChI is InChI=1S/C23H31N3O4S2/c1-18(20-10-6-3-7-11-20)25-32(29,30)15-12-22-21-17-31(27,28)14-13-23(21)26(24-22)16-19-8-4-2-5-9-19/h2,4-5,8-9,12,15,18,20,25H,3,6-7,10-11,13-14,16-17H2,1H3/t18-/m1/s1. The lowest BCUT2D eigenvalue weighted by molar-refractivity contribution is 0.303. The summed E-state index contributed by atoms with van der Waals surface area (Å²) in [5.74, 6) is 0.334. The number of rotatable bonds is 7. The highest BCUT2D eigenvalue weighted by atomic mass is 32.2. The van der Waals surface area contributed by atoms with Gasteiger partial charge >= 0.3 is 0 Å². The molecular weight excluding hydrogens is 446 g/mol. The number of hydrogen-bond donors (Lipinski definition) is 1. The van der Waals surface area contributed by atoms with Crippen LogP contribution in [0.15, 0.2) is 35.7 Å². The zero-order valence-corrected chi connectivity index (χ0v) is 20.0. The van der Waals surface area contributed by atoms with Gasteiger partial charge in [-0.15, -0.1) is 0 Å². The number of benzene rings is 1. The van der Waals surface area contributed by atoms with Crippen LogP contribution in [-0.4, -0.2) is 38.4 Å². The third-order valence-corrected chi connectivity index (χ3v) is 9.25. The van der Waals surface area contributed by atoms with E-state index in [4.69, 9.17) is 0 Å². The van der Waals surface area contributed by atoms with E-state index >= 15 is 0 Å². The van der Waals surface area contributed by atoms with Gasteiger partial charge < -0.3 is 0 Å². The minimum atomic E-state index is -3.66. The molecule has 2 aliphatic rings. The van der Waals surface area contributed by atoms with Crippen LogP contribution in [0.4, 0.5) is 0 Å². The van der Waals surface area contributed by atoms with E-state index in [2.05, 4.69) is 9.82 Å². The molecule has 32 heavy (non-hydrogen) atoms. The third-order valence-electron chi connectivity index (χ3n) is 6.50. The Morgan fingerprint density at radius 2 is 1.91 bits per heavy atom. The molecule has 0 spiro atoms. The molecule has 0 amide bonds. The fraction of sp³-hybridized carbons (Fsp3) is 0.522. The number of nitrogens with zero attached hydrogens (tertiary/aromatic N) is 2. The van der Waals surface area contributed by atoms with E-state index < -0.39 is 19.9 Å². The molecule has 1 fully saturated rings. The summed E-state index contributed by atoms with van der Waals surface area (Å²) in [6.45, 7) is 2.44. The molecule has 1 N–H and O–H groups in total. The summed E-state index contributed by atoms with van der Waals surface area (Å²) < 4.78 is 54.5. The zero-order valence-electron chi connectivity index (χ0n) is 18.4. The smallest absolute Gasteiger partial charge is 0.234 e. The number of fused-ring (bicyclic) bond motifs is 1. The first kappa shape index (κ1) is 23.2. The highest BCUT2D eigenvalue weighted by Crippen LogP contribution is 2.28. The average Bonchev–Trinajstić information content (AvgIpc) is 3.08. The molecule has 0 bridgehead atoms. The molecule has 2 heterocycles. The Morgan fingerprint density at radius 3 is 2.62 bits per heavy atom. The minimum absolute atomic E-state index is 0.0857. The molecule has 0 saturated heterocycles. The van der Waals surface area contributed by atoms with Gasteiger partial charge in [-0.05, 0) is 37.3 Å². The third kappa shape index (κ3) is 5.68. The zero-order chi connectivity index (χ0) is 22.8. The predicted molar refractivity (Wildman–Crippen MR) is 126 cm³/mol. The van der Waals surface area contributed by atoms with Gasteiger partial charge in [0.25, 0.3) is 0 Å². The Hall–Kier alpha value is -1.97. The topological polar surface area (TPSA) is 98.1 Å². The van der Waals surface area contributed by atoms with Gasteiger partial charge in [0.1, 0.15) is 0 Å². The first-order valence-electron chi connectivity index (χ1n) is 11.3. The first-order valence-corrected chi connectivity index (χ1v) is 14.6. The number of nitrogens with one attached hydrogen (secondary N) is 1. The maximum atomic E-state index is 12.7. The molecule has 1 aliphatic heterocycles. The Kier molecular flexibility index (Phi) is 6.88. The summed E-state index contributed by atoms with van der Waals surface area (Å²) in [7, 11) is -6.88.